The lowest BCUT2D eigenvalue weighted by atomic mass is 9.86. The largest absolute Gasteiger partial charge is 0.264 e. The summed E-state index contributed by atoms with van der Waals surface area (Å²) in [7, 11) is 0. The van der Waals surface area contributed by atoms with Crippen molar-refractivity contribution in [2.24, 2.45) is 0 Å². The predicted molar refractivity (Wildman–Crippen MR) is 218 cm³/mol. The van der Waals surface area contributed by atoms with Crippen molar-refractivity contribution in [3.8, 4) is 45.0 Å². The Labute approximate surface area is 299 Å². The molecule has 0 N–H and O–H groups in total. The number of aromatic nitrogens is 3. The molecule has 0 saturated carbocycles. The highest BCUT2D eigenvalue weighted by molar-refractivity contribution is 6.37. The molecule has 9 aromatic carbocycles. The first kappa shape index (κ1) is 28.8. The monoisotopic (exact) mass is 659 g/mol. The Morgan fingerprint density at radius 2 is 0.846 bits per heavy atom. The van der Waals surface area contributed by atoms with Gasteiger partial charge in [-0.25, -0.2) is 9.97 Å². The average Bonchev–Trinajstić information content (AvgIpc) is 3.22. The molecule has 240 valence electrons. The molecule has 0 saturated heterocycles. The van der Waals surface area contributed by atoms with Gasteiger partial charge in [-0.2, -0.15) is 0 Å². The topological polar surface area (TPSA) is 38.7 Å². The zero-order valence-corrected chi connectivity index (χ0v) is 28.1. The summed E-state index contributed by atoms with van der Waals surface area (Å²) in [4.78, 5) is 14.4. The van der Waals surface area contributed by atoms with E-state index in [1.54, 1.807) is 6.20 Å². The van der Waals surface area contributed by atoms with Crippen molar-refractivity contribution in [1.82, 2.24) is 15.0 Å². The van der Waals surface area contributed by atoms with Gasteiger partial charge in [0.2, 0.25) is 0 Å². The Morgan fingerprint density at radius 3 is 1.46 bits per heavy atom. The average molecular weight is 660 g/mol. The highest BCUT2D eigenvalue weighted by atomic mass is 14.9. The van der Waals surface area contributed by atoms with E-state index < -0.39 is 0 Å². The number of nitrogens with zero attached hydrogens (tertiary/aromatic N) is 3. The zero-order valence-electron chi connectivity index (χ0n) is 28.1. The minimum atomic E-state index is 0.694. The Balaban J connectivity index is 1.14. The van der Waals surface area contributed by atoms with Crippen LogP contribution in [-0.2, 0) is 0 Å². The fourth-order valence-corrected chi connectivity index (χ4v) is 8.26. The molecule has 0 fully saturated rings. The van der Waals surface area contributed by atoms with Gasteiger partial charge in [-0.3, -0.25) is 4.98 Å². The molecule has 2 aromatic heterocycles. The van der Waals surface area contributed by atoms with Crippen molar-refractivity contribution in [2.45, 2.75) is 0 Å². The Hall–Kier alpha value is -6.97. The summed E-state index contributed by atoms with van der Waals surface area (Å²) in [5.41, 5.74) is 7.04. The van der Waals surface area contributed by atoms with Gasteiger partial charge in [-0.05, 0) is 106 Å². The van der Waals surface area contributed by atoms with Crippen LogP contribution in [0.4, 0.5) is 0 Å². The van der Waals surface area contributed by atoms with Gasteiger partial charge in [0.1, 0.15) is 0 Å². The number of fused-ring (bicyclic) bond motifs is 2. The van der Waals surface area contributed by atoms with Gasteiger partial charge in [0.05, 0.1) is 11.4 Å². The molecule has 2 heterocycles. The molecular formula is C49H29N3. The van der Waals surface area contributed by atoms with Gasteiger partial charge >= 0.3 is 0 Å². The predicted octanol–water partition coefficient (Wildman–Crippen LogP) is 12.9. The van der Waals surface area contributed by atoms with Gasteiger partial charge in [-0.15, -0.1) is 0 Å². The lowest BCUT2D eigenvalue weighted by Crippen LogP contribution is -1.96. The van der Waals surface area contributed by atoms with Crippen LogP contribution in [0.5, 0.6) is 0 Å². The molecule has 0 unspecified atom stereocenters. The Kier molecular flexibility index (Phi) is 6.25. The number of hydrogen-bond donors (Lipinski definition) is 0. The lowest BCUT2D eigenvalue weighted by molar-refractivity contribution is 1.18. The van der Waals surface area contributed by atoms with E-state index in [1.807, 2.05) is 36.5 Å². The maximum absolute atomic E-state index is 5.05. The fraction of sp³-hybridized carbons (Fsp3) is 0. The third kappa shape index (κ3) is 4.43. The van der Waals surface area contributed by atoms with Crippen LogP contribution in [0.1, 0.15) is 0 Å². The third-order valence-corrected chi connectivity index (χ3v) is 10.7. The maximum Gasteiger partial charge on any atom is 0.160 e. The summed E-state index contributed by atoms with van der Waals surface area (Å²) in [6.07, 6.45) is 3.64. The minimum Gasteiger partial charge on any atom is -0.264 e. The summed E-state index contributed by atoms with van der Waals surface area (Å²) >= 11 is 0. The fourth-order valence-electron chi connectivity index (χ4n) is 8.26. The van der Waals surface area contributed by atoms with E-state index >= 15 is 0 Å². The number of pyridine rings is 1. The molecule has 11 aromatic rings. The van der Waals surface area contributed by atoms with Crippen molar-refractivity contribution < 1.29 is 0 Å². The molecule has 0 bridgehead atoms. The van der Waals surface area contributed by atoms with Crippen LogP contribution in [0.3, 0.4) is 0 Å². The molecular weight excluding hydrogens is 631 g/mol. The van der Waals surface area contributed by atoms with Gasteiger partial charge < -0.3 is 0 Å². The van der Waals surface area contributed by atoms with E-state index in [2.05, 4.69) is 138 Å². The maximum atomic E-state index is 5.05. The minimum absolute atomic E-state index is 0.694. The second kappa shape index (κ2) is 11.3. The zero-order chi connectivity index (χ0) is 34.2. The van der Waals surface area contributed by atoms with Crippen LogP contribution in [0, 0.1) is 0 Å². The van der Waals surface area contributed by atoms with Crippen molar-refractivity contribution in [2.75, 3.05) is 0 Å². The SMILES string of the molecule is c1ccc(-c2nc(-c3ccc(-c4cc5ccc6cccc7c8cccc9ccc%10cccc(c(c4)c5c67)c%10c98)cc3)cc(-c3cccnc3)n2)cc1. The summed E-state index contributed by atoms with van der Waals surface area (Å²) in [6, 6.07) is 59.2. The quantitative estimate of drug-likeness (QED) is 0.177. The Bertz CT molecular complexity index is 3090. The van der Waals surface area contributed by atoms with Gasteiger partial charge in [-0.1, -0.05) is 133 Å². The van der Waals surface area contributed by atoms with Crippen LogP contribution in [0.25, 0.3) is 110 Å². The van der Waals surface area contributed by atoms with Crippen molar-refractivity contribution in [3.05, 3.63) is 176 Å². The molecule has 0 radical (unpaired) electrons. The van der Waals surface area contributed by atoms with E-state index in [0.29, 0.717) is 5.82 Å². The highest BCUT2D eigenvalue weighted by Crippen LogP contribution is 2.44. The van der Waals surface area contributed by atoms with Crippen LogP contribution in [0.15, 0.2) is 176 Å². The smallest absolute Gasteiger partial charge is 0.160 e. The first-order valence-corrected chi connectivity index (χ1v) is 17.7. The summed E-state index contributed by atoms with van der Waals surface area (Å²) in [6.45, 7) is 0. The summed E-state index contributed by atoms with van der Waals surface area (Å²) in [5, 5.41) is 15.4. The molecule has 0 aliphatic heterocycles. The molecule has 3 heteroatoms. The summed E-state index contributed by atoms with van der Waals surface area (Å²) in [5.74, 6) is 0.694. The molecule has 0 aliphatic carbocycles. The molecule has 0 aliphatic rings. The van der Waals surface area contributed by atoms with Gasteiger partial charge in [0, 0.05) is 29.1 Å². The third-order valence-electron chi connectivity index (χ3n) is 10.7. The van der Waals surface area contributed by atoms with Crippen LogP contribution in [-0.4, -0.2) is 15.0 Å². The molecule has 0 spiro atoms. The standard InChI is InChI=1S/C49H29N3/c1-2-8-35(9-3-1)49-51-43(28-44(52-49)37-13-7-25-50-29-37)31-19-17-30(18-20-31)38-26-36-24-23-34-11-5-15-40-39-14-4-10-32-21-22-33-12-6-16-41(47(33)45(32)39)42(27-38)48(36)46(34)40/h1-29H. The van der Waals surface area contributed by atoms with Crippen molar-refractivity contribution in [1.29, 1.82) is 0 Å². The Morgan fingerprint density at radius 1 is 0.308 bits per heavy atom. The van der Waals surface area contributed by atoms with Crippen molar-refractivity contribution >= 4 is 64.6 Å². The van der Waals surface area contributed by atoms with E-state index in [9.17, 15) is 0 Å². The van der Waals surface area contributed by atoms with Gasteiger partial charge in [0.25, 0.3) is 0 Å². The molecule has 11 rings (SSSR count). The van der Waals surface area contributed by atoms with E-state index in [1.165, 1.54) is 70.2 Å². The lowest BCUT2D eigenvalue weighted by Gasteiger charge is -2.17. The van der Waals surface area contributed by atoms with E-state index in [0.717, 1.165) is 33.6 Å². The van der Waals surface area contributed by atoms with Gasteiger partial charge in [0.15, 0.2) is 5.82 Å². The summed E-state index contributed by atoms with van der Waals surface area (Å²) < 4.78 is 0. The first-order valence-electron chi connectivity index (χ1n) is 17.7. The number of hydrogen-bond acceptors (Lipinski definition) is 3. The van der Waals surface area contributed by atoms with Crippen molar-refractivity contribution in [3.63, 3.8) is 0 Å². The molecule has 0 atom stereocenters. The number of rotatable bonds is 4. The molecule has 3 nitrogen and oxygen atoms in total. The number of benzene rings is 8. The first-order chi connectivity index (χ1) is 25.8. The second-order valence-electron chi connectivity index (χ2n) is 13.6. The molecule has 0 amide bonds. The van der Waals surface area contributed by atoms with Crippen LogP contribution in [0.2, 0.25) is 0 Å². The second-order valence-corrected chi connectivity index (χ2v) is 13.6. The molecule has 52 heavy (non-hydrogen) atoms. The van der Waals surface area contributed by atoms with Crippen LogP contribution < -0.4 is 0 Å². The normalized spacial score (nSPS) is 11.8. The van der Waals surface area contributed by atoms with Crippen LogP contribution >= 0.6 is 0 Å². The van der Waals surface area contributed by atoms with E-state index in [-0.39, 0.29) is 0 Å². The van der Waals surface area contributed by atoms with E-state index in [4.69, 9.17) is 9.97 Å². The highest BCUT2D eigenvalue weighted by Gasteiger charge is 2.17.